The zero-order chi connectivity index (χ0) is 17.1. The number of carbonyl (C=O) groups is 1. The van der Waals surface area contributed by atoms with Crippen molar-refractivity contribution >= 4 is 5.91 Å². The fourth-order valence-electron chi connectivity index (χ4n) is 4.33. The lowest BCUT2D eigenvalue weighted by molar-refractivity contribution is -0.139. The van der Waals surface area contributed by atoms with Crippen molar-refractivity contribution in [2.45, 2.75) is 50.7 Å². The molecule has 0 bridgehead atoms. The van der Waals surface area contributed by atoms with Crippen LogP contribution in [0.2, 0.25) is 0 Å². The SMILES string of the molecule is O=C(C1CC1)N1CCC2(CC1)OCC[C@@H]2CCOCc1ccncc1. The summed E-state index contributed by atoms with van der Waals surface area (Å²) in [5.41, 5.74) is 1.15. The Kier molecular flexibility index (Phi) is 5.04. The largest absolute Gasteiger partial charge is 0.377 e. The molecular formula is C20H28N2O3. The summed E-state index contributed by atoms with van der Waals surface area (Å²) in [6.07, 6.45) is 9.92. The number of aromatic nitrogens is 1. The minimum Gasteiger partial charge on any atom is -0.377 e. The fraction of sp³-hybridized carbons (Fsp3) is 0.700. The molecule has 1 aromatic rings. The van der Waals surface area contributed by atoms with Gasteiger partial charge in [-0.1, -0.05) is 0 Å². The predicted molar refractivity (Wildman–Crippen MR) is 93.8 cm³/mol. The molecule has 5 heteroatoms. The molecule has 1 aliphatic carbocycles. The van der Waals surface area contributed by atoms with E-state index < -0.39 is 0 Å². The topological polar surface area (TPSA) is 51.7 Å². The molecule has 4 rings (SSSR count). The third-order valence-electron chi connectivity index (χ3n) is 6.08. The smallest absolute Gasteiger partial charge is 0.225 e. The maximum Gasteiger partial charge on any atom is 0.225 e. The quantitative estimate of drug-likeness (QED) is 0.745. The molecule has 1 spiro atoms. The number of piperidine rings is 1. The number of carbonyl (C=O) groups excluding carboxylic acids is 1. The van der Waals surface area contributed by atoms with Crippen LogP contribution in [-0.2, 0) is 20.9 Å². The number of rotatable bonds is 6. The van der Waals surface area contributed by atoms with E-state index in [1.165, 1.54) is 5.56 Å². The number of hydrogen-bond donors (Lipinski definition) is 0. The van der Waals surface area contributed by atoms with Crippen LogP contribution in [0.25, 0.3) is 0 Å². The van der Waals surface area contributed by atoms with Crippen LogP contribution in [0.4, 0.5) is 0 Å². The summed E-state index contributed by atoms with van der Waals surface area (Å²) >= 11 is 0. The van der Waals surface area contributed by atoms with E-state index >= 15 is 0 Å². The number of hydrogen-bond acceptors (Lipinski definition) is 4. The summed E-state index contributed by atoms with van der Waals surface area (Å²) in [5.74, 6) is 1.27. The van der Waals surface area contributed by atoms with E-state index in [-0.39, 0.29) is 5.60 Å². The minimum absolute atomic E-state index is 0.0135. The molecule has 2 aliphatic heterocycles. The molecule has 1 amide bonds. The first kappa shape index (κ1) is 17.0. The molecule has 1 aromatic heterocycles. The van der Waals surface area contributed by atoms with Crippen LogP contribution in [0.15, 0.2) is 24.5 Å². The van der Waals surface area contributed by atoms with Crippen molar-refractivity contribution < 1.29 is 14.3 Å². The lowest BCUT2D eigenvalue weighted by Crippen LogP contribution is -2.50. The molecule has 0 aromatic carbocycles. The van der Waals surface area contributed by atoms with Crippen molar-refractivity contribution in [3.8, 4) is 0 Å². The van der Waals surface area contributed by atoms with Gasteiger partial charge in [0.1, 0.15) is 0 Å². The minimum atomic E-state index is -0.0135. The van der Waals surface area contributed by atoms with Crippen LogP contribution >= 0.6 is 0 Å². The maximum absolute atomic E-state index is 12.3. The van der Waals surface area contributed by atoms with Gasteiger partial charge in [0, 0.05) is 44.6 Å². The highest BCUT2D eigenvalue weighted by Gasteiger charge is 2.47. The molecule has 2 saturated heterocycles. The third-order valence-corrected chi connectivity index (χ3v) is 6.08. The molecule has 0 unspecified atom stereocenters. The fourth-order valence-corrected chi connectivity index (χ4v) is 4.33. The number of ether oxygens (including phenoxy) is 2. The highest BCUT2D eigenvalue weighted by Crippen LogP contribution is 2.43. The van der Waals surface area contributed by atoms with Crippen LogP contribution in [0.5, 0.6) is 0 Å². The summed E-state index contributed by atoms with van der Waals surface area (Å²) in [6, 6.07) is 3.99. The van der Waals surface area contributed by atoms with Gasteiger partial charge in [-0.3, -0.25) is 9.78 Å². The molecule has 3 aliphatic rings. The first-order valence-corrected chi connectivity index (χ1v) is 9.66. The number of likely N-dealkylation sites (tertiary alicyclic amines) is 1. The first-order chi connectivity index (χ1) is 12.3. The van der Waals surface area contributed by atoms with Crippen molar-refractivity contribution in [1.82, 2.24) is 9.88 Å². The van der Waals surface area contributed by atoms with Crippen LogP contribution in [0.1, 0.15) is 44.1 Å². The van der Waals surface area contributed by atoms with Gasteiger partial charge in [0.05, 0.1) is 12.2 Å². The molecule has 25 heavy (non-hydrogen) atoms. The molecule has 136 valence electrons. The van der Waals surface area contributed by atoms with Gasteiger partial charge in [-0.2, -0.15) is 0 Å². The maximum atomic E-state index is 12.3. The van der Waals surface area contributed by atoms with E-state index in [0.29, 0.717) is 24.3 Å². The van der Waals surface area contributed by atoms with E-state index in [1.54, 1.807) is 12.4 Å². The number of amides is 1. The Labute approximate surface area is 149 Å². The Morgan fingerprint density at radius 2 is 2.00 bits per heavy atom. The molecule has 1 saturated carbocycles. The lowest BCUT2D eigenvalue weighted by atomic mass is 9.78. The average molecular weight is 344 g/mol. The van der Waals surface area contributed by atoms with E-state index in [0.717, 1.165) is 64.8 Å². The highest BCUT2D eigenvalue weighted by molar-refractivity contribution is 5.81. The Morgan fingerprint density at radius 1 is 1.24 bits per heavy atom. The van der Waals surface area contributed by atoms with E-state index in [1.807, 2.05) is 12.1 Å². The van der Waals surface area contributed by atoms with Crippen molar-refractivity contribution in [3.05, 3.63) is 30.1 Å². The zero-order valence-corrected chi connectivity index (χ0v) is 14.9. The summed E-state index contributed by atoms with van der Waals surface area (Å²) < 4.78 is 12.1. The van der Waals surface area contributed by atoms with Gasteiger partial charge in [0.2, 0.25) is 5.91 Å². The molecule has 5 nitrogen and oxygen atoms in total. The summed E-state index contributed by atoms with van der Waals surface area (Å²) in [6.45, 7) is 3.99. The summed E-state index contributed by atoms with van der Waals surface area (Å²) in [4.78, 5) is 18.3. The molecular weight excluding hydrogens is 316 g/mol. The summed E-state index contributed by atoms with van der Waals surface area (Å²) in [7, 11) is 0. The molecule has 3 fully saturated rings. The molecule has 1 atom stereocenters. The van der Waals surface area contributed by atoms with Gasteiger partial charge in [-0.15, -0.1) is 0 Å². The monoisotopic (exact) mass is 344 g/mol. The van der Waals surface area contributed by atoms with Gasteiger partial charge in [-0.25, -0.2) is 0 Å². The van der Waals surface area contributed by atoms with Gasteiger partial charge < -0.3 is 14.4 Å². The standard InChI is InChI=1S/C20H28N2O3/c23-19(17-1-2-17)22-11-7-20(8-12-22)18(6-14-25-20)5-13-24-15-16-3-9-21-10-4-16/h3-4,9-10,17-18H,1-2,5-8,11-15H2/t18-/m0/s1. The normalized spacial score (nSPS) is 25.4. The zero-order valence-electron chi connectivity index (χ0n) is 14.9. The summed E-state index contributed by atoms with van der Waals surface area (Å²) in [5, 5.41) is 0. The van der Waals surface area contributed by atoms with E-state index in [9.17, 15) is 4.79 Å². The van der Waals surface area contributed by atoms with Gasteiger partial charge in [0.25, 0.3) is 0 Å². The first-order valence-electron chi connectivity index (χ1n) is 9.66. The van der Waals surface area contributed by atoms with Gasteiger partial charge >= 0.3 is 0 Å². The second-order valence-corrected chi connectivity index (χ2v) is 7.70. The van der Waals surface area contributed by atoms with Gasteiger partial charge in [0.15, 0.2) is 0 Å². The molecule has 3 heterocycles. The predicted octanol–water partition coefficient (Wildman–Crippen LogP) is 2.80. The van der Waals surface area contributed by atoms with Crippen LogP contribution in [0.3, 0.4) is 0 Å². The van der Waals surface area contributed by atoms with E-state index in [4.69, 9.17) is 9.47 Å². The average Bonchev–Trinajstić information content (AvgIpc) is 3.44. The molecule has 0 radical (unpaired) electrons. The van der Waals surface area contributed by atoms with E-state index in [2.05, 4.69) is 9.88 Å². The van der Waals surface area contributed by atoms with Gasteiger partial charge in [-0.05, 0) is 62.1 Å². The van der Waals surface area contributed by atoms with Crippen molar-refractivity contribution in [3.63, 3.8) is 0 Å². The van der Waals surface area contributed by atoms with Crippen molar-refractivity contribution in [2.24, 2.45) is 11.8 Å². The Hall–Kier alpha value is -1.46. The lowest BCUT2D eigenvalue weighted by Gasteiger charge is -2.42. The van der Waals surface area contributed by atoms with Crippen molar-refractivity contribution in [1.29, 1.82) is 0 Å². The van der Waals surface area contributed by atoms with Crippen LogP contribution < -0.4 is 0 Å². The second-order valence-electron chi connectivity index (χ2n) is 7.70. The van der Waals surface area contributed by atoms with Crippen molar-refractivity contribution in [2.75, 3.05) is 26.3 Å². The third kappa shape index (κ3) is 3.87. The Morgan fingerprint density at radius 3 is 2.72 bits per heavy atom. The number of pyridine rings is 1. The Bertz CT molecular complexity index is 580. The van der Waals surface area contributed by atoms with Crippen LogP contribution in [-0.4, -0.2) is 47.7 Å². The van der Waals surface area contributed by atoms with Crippen LogP contribution in [0, 0.1) is 11.8 Å². The molecule has 0 N–H and O–H groups in total. The number of nitrogens with zero attached hydrogens (tertiary/aromatic N) is 2. The highest BCUT2D eigenvalue weighted by atomic mass is 16.5. The Balaban J connectivity index is 1.24. The second kappa shape index (κ2) is 7.42.